The van der Waals surface area contributed by atoms with Gasteiger partial charge in [-0.05, 0) is 38.7 Å². The molecule has 0 radical (unpaired) electrons. The fraction of sp³-hybridized carbons (Fsp3) is 0.500. The summed E-state index contributed by atoms with van der Waals surface area (Å²) in [5.74, 6) is -0.157. The monoisotopic (exact) mass is 259 g/mol. The highest BCUT2D eigenvalue weighted by molar-refractivity contribution is 5.71. The van der Waals surface area contributed by atoms with E-state index in [0.717, 1.165) is 5.56 Å². The molecule has 0 fully saturated rings. The summed E-state index contributed by atoms with van der Waals surface area (Å²) < 4.78 is 5.35. The van der Waals surface area contributed by atoms with Gasteiger partial charge in [0.25, 0.3) is 0 Å². The molecule has 0 saturated carbocycles. The number of nitrogens with zero attached hydrogens (tertiary/aromatic N) is 1. The lowest BCUT2D eigenvalue weighted by atomic mass is 9.91. The van der Waals surface area contributed by atoms with Crippen LogP contribution in [0.2, 0.25) is 0 Å². The van der Waals surface area contributed by atoms with E-state index in [1.807, 2.05) is 51.1 Å². The van der Waals surface area contributed by atoms with Crippen molar-refractivity contribution in [2.45, 2.75) is 51.6 Å². The lowest BCUT2D eigenvalue weighted by molar-refractivity contribution is -0.155. The Morgan fingerprint density at radius 3 is 2.47 bits per heavy atom. The minimum Gasteiger partial charge on any atom is -0.460 e. The molecule has 1 atom stereocenters. The normalized spacial score (nSPS) is 12.5. The molecule has 0 amide bonds. The molecule has 0 bridgehead atoms. The second-order valence-electron chi connectivity index (χ2n) is 5.59. The second-order valence-corrected chi connectivity index (χ2v) is 5.59. The molecule has 1 rings (SSSR count). The van der Waals surface area contributed by atoms with Gasteiger partial charge >= 0.3 is 5.97 Å². The first kappa shape index (κ1) is 15.2. The van der Waals surface area contributed by atoms with Gasteiger partial charge in [-0.3, -0.25) is 4.79 Å². The number of benzene rings is 1. The molecule has 3 nitrogen and oxygen atoms in total. The number of carbonyl (C=O) groups excluding carboxylic acids is 1. The number of nitriles is 1. The highest BCUT2D eigenvalue weighted by Gasteiger charge is 2.21. The molecule has 0 aliphatic heterocycles. The van der Waals surface area contributed by atoms with E-state index in [4.69, 9.17) is 10.00 Å². The molecule has 0 aliphatic carbocycles. The lowest BCUT2D eigenvalue weighted by Gasteiger charge is -2.22. The van der Waals surface area contributed by atoms with E-state index in [0.29, 0.717) is 19.3 Å². The SMILES string of the molecule is CC(C)(C)OC(=O)C[C@@H](CCC#N)c1ccccc1. The van der Waals surface area contributed by atoms with Gasteiger partial charge < -0.3 is 4.74 Å². The van der Waals surface area contributed by atoms with Crippen molar-refractivity contribution < 1.29 is 9.53 Å². The third kappa shape index (κ3) is 6.05. The highest BCUT2D eigenvalue weighted by Crippen LogP contribution is 2.26. The van der Waals surface area contributed by atoms with Crippen LogP contribution in [0.1, 0.15) is 51.5 Å². The number of hydrogen-bond acceptors (Lipinski definition) is 3. The Morgan fingerprint density at radius 1 is 1.32 bits per heavy atom. The molecule has 1 aromatic carbocycles. The van der Waals surface area contributed by atoms with Crippen LogP contribution in [0.25, 0.3) is 0 Å². The number of rotatable bonds is 5. The van der Waals surface area contributed by atoms with E-state index in [1.54, 1.807) is 0 Å². The fourth-order valence-electron chi connectivity index (χ4n) is 1.93. The summed E-state index contributed by atoms with van der Waals surface area (Å²) in [7, 11) is 0. The Hall–Kier alpha value is -1.82. The van der Waals surface area contributed by atoms with Crippen LogP contribution in [0.4, 0.5) is 0 Å². The molecular weight excluding hydrogens is 238 g/mol. The van der Waals surface area contributed by atoms with Crippen LogP contribution in [0.15, 0.2) is 30.3 Å². The van der Waals surface area contributed by atoms with Gasteiger partial charge in [0, 0.05) is 6.42 Å². The van der Waals surface area contributed by atoms with Gasteiger partial charge in [-0.15, -0.1) is 0 Å². The van der Waals surface area contributed by atoms with Gasteiger partial charge in [0.2, 0.25) is 0 Å². The molecule has 0 aromatic heterocycles. The summed E-state index contributed by atoms with van der Waals surface area (Å²) in [5.41, 5.74) is 0.622. The maximum Gasteiger partial charge on any atom is 0.306 e. The number of ether oxygens (including phenoxy) is 1. The first-order valence-corrected chi connectivity index (χ1v) is 6.56. The first-order valence-electron chi connectivity index (χ1n) is 6.56. The van der Waals surface area contributed by atoms with E-state index >= 15 is 0 Å². The largest absolute Gasteiger partial charge is 0.460 e. The minimum atomic E-state index is -0.465. The van der Waals surface area contributed by atoms with Crippen molar-refractivity contribution in [2.75, 3.05) is 0 Å². The van der Waals surface area contributed by atoms with E-state index in [9.17, 15) is 4.79 Å². The average Bonchev–Trinajstić information content (AvgIpc) is 2.33. The smallest absolute Gasteiger partial charge is 0.306 e. The van der Waals surface area contributed by atoms with Gasteiger partial charge in [-0.1, -0.05) is 30.3 Å². The third-order valence-electron chi connectivity index (χ3n) is 2.71. The van der Waals surface area contributed by atoms with E-state index in [1.165, 1.54) is 0 Å². The van der Waals surface area contributed by atoms with Gasteiger partial charge in [-0.2, -0.15) is 5.26 Å². The molecular formula is C16H21NO2. The van der Waals surface area contributed by atoms with Crippen molar-refractivity contribution in [3.05, 3.63) is 35.9 Å². The maximum atomic E-state index is 11.9. The third-order valence-corrected chi connectivity index (χ3v) is 2.71. The molecule has 0 aliphatic rings. The van der Waals surface area contributed by atoms with Gasteiger partial charge in [0.15, 0.2) is 0 Å². The second kappa shape index (κ2) is 6.94. The summed E-state index contributed by atoms with van der Waals surface area (Å²) in [6, 6.07) is 12.0. The molecule has 3 heteroatoms. The Labute approximate surface area is 115 Å². The molecule has 0 heterocycles. The molecule has 0 spiro atoms. The van der Waals surface area contributed by atoms with E-state index in [2.05, 4.69) is 6.07 Å². The molecule has 102 valence electrons. The summed E-state index contributed by atoms with van der Waals surface area (Å²) in [4.78, 5) is 11.9. The van der Waals surface area contributed by atoms with E-state index in [-0.39, 0.29) is 11.9 Å². The molecule has 0 saturated heterocycles. The van der Waals surface area contributed by atoms with Crippen LogP contribution in [0.3, 0.4) is 0 Å². The van der Waals surface area contributed by atoms with Crippen LogP contribution >= 0.6 is 0 Å². The standard InChI is InChI=1S/C16H21NO2/c1-16(2,3)19-15(18)12-14(10-7-11-17)13-8-5-4-6-9-13/h4-6,8-9,14H,7,10,12H2,1-3H3/t14-/m1/s1. The zero-order valence-corrected chi connectivity index (χ0v) is 11.8. The van der Waals surface area contributed by atoms with E-state index < -0.39 is 5.60 Å². The van der Waals surface area contributed by atoms with Crippen molar-refractivity contribution in [1.82, 2.24) is 0 Å². The van der Waals surface area contributed by atoms with Gasteiger partial charge in [-0.25, -0.2) is 0 Å². The first-order chi connectivity index (χ1) is 8.92. The lowest BCUT2D eigenvalue weighted by Crippen LogP contribution is -2.25. The predicted octanol–water partition coefficient (Wildman–Crippen LogP) is 3.81. The highest BCUT2D eigenvalue weighted by atomic mass is 16.6. The Morgan fingerprint density at radius 2 is 1.95 bits per heavy atom. The van der Waals surface area contributed by atoms with Gasteiger partial charge in [0.05, 0.1) is 12.5 Å². The van der Waals surface area contributed by atoms with Crippen LogP contribution < -0.4 is 0 Å². The van der Waals surface area contributed by atoms with Crippen LogP contribution in [0, 0.1) is 11.3 Å². The van der Waals surface area contributed by atoms with Crippen molar-refractivity contribution in [3.8, 4) is 6.07 Å². The molecule has 0 unspecified atom stereocenters. The van der Waals surface area contributed by atoms with Crippen molar-refractivity contribution in [1.29, 1.82) is 5.26 Å². The average molecular weight is 259 g/mol. The van der Waals surface area contributed by atoms with Crippen molar-refractivity contribution >= 4 is 5.97 Å². The van der Waals surface area contributed by atoms with Crippen LogP contribution in [0.5, 0.6) is 0 Å². The Balaban J connectivity index is 2.71. The number of hydrogen-bond donors (Lipinski definition) is 0. The number of carbonyl (C=O) groups is 1. The van der Waals surface area contributed by atoms with Crippen molar-refractivity contribution in [2.24, 2.45) is 0 Å². The fourth-order valence-corrected chi connectivity index (χ4v) is 1.93. The molecule has 1 aromatic rings. The quantitative estimate of drug-likeness (QED) is 0.755. The molecule has 0 N–H and O–H groups in total. The van der Waals surface area contributed by atoms with Crippen LogP contribution in [-0.4, -0.2) is 11.6 Å². The van der Waals surface area contributed by atoms with Crippen molar-refractivity contribution in [3.63, 3.8) is 0 Å². The summed E-state index contributed by atoms with van der Waals surface area (Å²) in [5, 5.41) is 8.72. The Kier molecular flexibility index (Phi) is 5.57. The summed E-state index contributed by atoms with van der Waals surface area (Å²) in [6.07, 6.45) is 1.45. The predicted molar refractivity (Wildman–Crippen MR) is 74.5 cm³/mol. The Bertz CT molecular complexity index is 440. The number of esters is 1. The zero-order valence-electron chi connectivity index (χ0n) is 11.8. The maximum absolute atomic E-state index is 11.9. The topological polar surface area (TPSA) is 50.1 Å². The minimum absolute atomic E-state index is 0.0516. The van der Waals surface area contributed by atoms with Gasteiger partial charge in [0.1, 0.15) is 5.60 Å². The summed E-state index contributed by atoms with van der Waals surface area (Å²) >= 11 is 0. The summed E-state index contributed by atoms with van der Waals surface area (Å²) in [6.45, 7) is 5.58. The zero-order chi connectivity index (χ0) is 14.3. The van der Waals surface area contributed by atoms with Crippen LogP contribution in [-0.2, 0) is 9.53 Å². The molecule has 19 heavy (non-hydrogen) atoms.